The summed E-state index contributed by atoms with van der Waals surface area (Å²) in [4.78, 5) is 12.4. The molecule has 0 aliphatic carbocycles. The Bertz CT molecular complexity index is 810. The summed E-state index contributed by atoms with van der Waals surface area (Å²) >= 11 is 0. The molecule has 3 rings (SSSR count). The largest absolute Gasteiger partial charge is 0.493 e. The van der Waals surface area contributed by atoms with Crippen LogP contribution in [0.4, 0.5) is 0 Å². The van der Waals surface area contributed by atoms with Crippen molar-refractivity contribution < 1.29 is 19.1 Å². The molecule has 3 aromatic rings. The molecule has 0 bridgehead atoms. The summed E-state index contributed by atoms with van der Waals surface area (Å²) in [5.74, 6) is 0.369. The number of furan rings is 1. The van der Waals surface area contributed by atoms with Gasteiger partial charge >= 0.3 is 0 Å². The van der Waals surface area contributed by atoms with Crippen LogP contribution >= 0.6 is 0 Å². The van der Waals surface area contributed by atoms with E-state index in [1.165, 1.54) is 0 Å². The van der Waals surface area contributed by atoms with Crippen LogP contribution < -0.4 is 10.1 Å². The average Bonchev–Trinajstić information content (AvgIpc) is 3.04. The Kier molecular flexibility index (Phi) is 4.30. The van der Waals surface area contributed by atoms with Crippen molar-refractivity contribution in [1.29, 1.82) is 0 Å². The van der Waals surface area contributed by atoms with Crippen LogP contribution in [0.5, 0.6) is 5.75 Å². The highest BCUT2D eigenvalue weighted by Crippen LogP contribution is 2.28. The molecule has 0 radical (unpaired) electrons. The molecular formula is C18H17NO4. The number of ether oxygens (including phenoxy) is 1. The van der Waals surface area contributed by atoms with E-state index in [4.69, 9.17) is 9.15 Å². The molecule has 1 unspecified atom stereocenters. The van der Waals surface area contributed by atoms with E-state index in [0.717, 1.165) is 10.9 Å². The SMILES string of the molecule is COc1cccc2cc(C(=O)NC(CO)c3ccccc3)oc12. The number of aliphatic hydroxyl groups excluding tert-OH is 1. The van der Waals surface area contributed by atoms with Crippen LogP contribution in [-0.4, -0.2) is 24.7 Å². The first-order valence-electron chi connectivity index (χ1n) is 7.26. The number of methoxy groups -OCH3 is 1. The fourth-order valence-corrected chi connectivity index (χ4v) is 2.46. The summed E-state index contributed by atoms with van der Waals surface area (Å²) in [6.45, 7) is -0.195. The lowest BCUT2D eigenvalue weighted by Crippen LogP contribution is -2.30. The van der Waals surface area contributed by atoms with Gasteiger partial charge in [-0.3, -0.25) is 4.79 Å². The van der Waals surface area contributed by atoms with Gasteiger partial charge in [0.25, 0.3) is 5.91 Å². The van der Waals surface area contributed by atoms with Gasteiger partial charge in [-0.05, 0) is 17.7 Å². The van der Waals surface area contributed by atoms with E-state index in [1.807, 2.05) is 42.5 Å². The number of fused-ring (bicyclic) bond motifs is 1. The zero-order chi connectivity index (χ0) is 16.2. The Balaban J connectivity index is 1.85. The van der Waals surface area contributed by atoms with Crippen molar-refractivity contribution in [3.05, 3.63) is 65.9 Å². The zero-order valence-corrected chi connectivity index (χ0v) is 12.7. The molecule has 118 valence electrons. The number of carbonyl (C=O) groups excluding carboxylic acids is 1. The van der Waals surface area contributed by atoms with Gasteiger partial charge in [-0.15, -0.1) is 0 Å². The molecule has 1 aromatic heterocycles. The van der Waals surface area contributed by atoms with Crippen molar-refractivity contribution in [3.8, 4) is 5.75 Å². The maximum Gasteiger partial charge on any atom is 0.287 e. The van der Waals surface area contributed by atoms with Crippen LogP contribution in [0.1, 0.15) is 22.2 Å². The lowest BCUT2D eigenvalue weighted by atomic mass is 10.1. The van der Waals surface area contributed by atoms with Gasteiger partial charge in [0.15, 0.2) is 17.1 Å². The molecule has 0 spiro atoms. The third-order valence-electron chi connectivity index (χ3n) is 3.64. The second-order valence-electron chi connectivity index (χ2n) is 5.11. The van der Waals surface area contributed by atoms with Crippen molar-refractivity contribution in [2.45, 2.75) is 6.04 Å². The Morgan fingerprint density at radius 2 is 2.00 bits per heavy atom. The molecule has 0 fully saturated rings. The van der Waals surface area contributed by atoms with Crippen LogP contribution in [0.15, 0.2) is 59.0 Å². The minimum Gasteiger partial charge on any atom is -0.493 e. The summed E-state index contributed by atoms with van der Waals surface area (Å²) in [5.41, 5.74) is 1.36. The number of carbonyl (C=O) groups is 1. The first-order valence-corrected chi connectivity index (χ1v) is 7.26. The van der Waals surface area contributed by atoms with Crippen molar-refractivity contribution in [2.24, 2.45) is 0 Å². The number of amides is 1. The van der Waals surface area contributed by atoms with Crippen LogP contribution in [0, 0.1) is 0 Å². The van der Waals surface area contributed by atoms with Gasteiger partial charge in [-0.2, -0.15) is 0 Å². The van der Waals surface area contributed by atoms with Crippen molar-refractivity contribution >= 4 is 16.9 Å². The van der Waals surface area contributed by atoms with Crippen LogP contribution in [0.2, 0.25) is 0 Å². The molecular weight excluding hydrogens is 294 g/mol. The Morgan fingerprint density at radius 3 is 2.70 bits per heavy atom. The van der Waals surface area contributed by atoms with Crippen molar-refractivity contribution in [2.75, 3.05) is 13.7 Å². The average molecular weight is 311 g/mol. The van der Waals surface area contributed by atoms with Gasteiger partial charge in [0.05, 0.1) is 19.8 Å². The molecule has 23 heavy (non-hydrogen) atoms. The fourth-order valence-electron chi connectivity index (χ4n) is 2.46. The van der Waals surface area contributed by atoms with Gasteiger partial charge < -0.3 is 19.6 Å². The summed E-state index contributed by atoms with van der Waals surface area (Å²) in [6, 6.07) is 15.9. The highest BCUT2D eigenvalue weighted by atomic mass is 16.5. The van der Waals surface area contributed by atoms with E-state index in [9.17, 15) is 9.90 Å². The van der Waals surface area contributed by atoms with Crippen LogP contribution in [0.25, 0.3) is 11.0 Å². The normalized spacial score (nSPS) is 12.1. The van der Waals surface area contributed by atoms with Gasteiger partial charge in [0.2, 0.25) is 0 Å². The van der Waals surface area contributed by atoms with E-state index >= 15 is 0 Å². The van der Waals surface area contributed by atoms with Gasteiger partial charge in [-0.1, -0.05) is 42.5 Å². The Labute approximate surface area is 133 Å². The number of hydrogen-bond acceptors (Lipinski definition) is 4. The summed E-state index contributed by atoms with van der Waals surface area (Å²) in [5, 5.41) is 13.1. The number of aliphatic hydroxyl groups is 1. The van der Waals surface area contributed by atoms with E-state index in [-0.39, 0.29) is 18.3 Å². The molecule has 1 atom stereocenters. The summed E-state index contributed by atoms with van der Waals surface area (Å²) < 4.78 is 10.8. The highest BCUT2D eigenvalue weighted by molar-refractivity contribution is 5.97. The summed E-state index contributed by atoms with van der Waals surface area (Å²) in [6.07, 6.45) is 0. The lowest BCUT2D eigenvalue weighted by molar-refractivity contribution is 0.0890. The number of nitrogens with one attached hydrogen (secondary N) is 1. The minimum absolute atomic E-state index is 0.180. The highest BCUT2D eigenvalue weighted by Gasteiger charge is 2.19. The molecule has 2 aromatic carbocycles. The molecule has 5 heteroatoms. The van der Waals surface area contributed by atoms with Crippen LogP contribution in [0.3, 0.4) is 0 Å². The second-order valence-corrected chi connectivity index (χ2v) is 5.11. The Morgan fingerprint density at radius 1 is 1.22 bits per heavy atom. The predicted molar refractivity (Wildman–Crippen MR) is 86.5 cm³/mol. The number of para-hydroxylation sites is 1. The molecule has 0 aliphatic heterocycles. The second kappa shape index (κ2) is 6.54. The van der Waals surface area contributed by atoms with Gasteiger partial charge in [0.1, 0.15) is 0 Å². The van der Waals surface area contributed by atoms with Gasteiger partial charge in [0, 0.05) is 5.39 Å². The third kappa shape index (κ3) is 3.05. The zero-order valence-electron chi connectivity index (χ0n) is 12.7. The first kappa shape index (κ1) is 15.1. The maximum absolute atomic E-state index is 12.4. The molecule has 2 N–H and O–H groups in total. The van der Waals surface area contributed by atoms with Gasteiger partial charge in [-0.25, -0.2) is 0 Å². The molecule has 1 amide bonds. The first-order chi connectivity index (χ1) is 11.2. The molecule has 0 saturated heterocycles. The number of benzene rings is 2. The van der Waals surface area contributed by atoms with Crippen molar-refractivity contribution in [3.63, 3.8) is 0 Å². The molecule has 5 nitrogen and oxygen atoms in total. The van der Waals surface area contributed by atoms with E-state index in [0.29, 0.717) is 11.3 Å². The van der Waals surface area contributed by atoms with Crippen LogP contribution in [-0.2, 0) is 0 Å². The smallest absolute Gasteiger partial charge is 0.287 e. The number of rotatable bonds is 5. The maximum atomic E-state index is 12.4. The molecule has 1 heterocycles. The lowest BCUT2D eigenvalue weighted by Gasteiger charge is -2.15. The molecule has 0 saturated carbocycles. The number of hydrogen-bond donors (Lipinski definition) is 2. The van der Waals surface area contributed by atoms with E-state index in [2.05, 4.69) is 5.32 Å². The molecule has 0 aliphatic rings. The van der Waals surface area contributed by atoms with E-state index < -0.39 is 6.04 Å². The monoisotopic (exact) mass is 311 g/mol. The Hall–Kier alpha value is -2.79. The summed E-state index contributed by atoms with van der Waals surface area (Å²) in [7, 11) is 1.55. The van der Waals surface area contributed by atoms with Crippen molar-refractivity contribution in [1.82, 2.24) is 5.32 Å². The fraction of sp³-hybridized carbons (Fsp3) is 0.167. The standard InChI is InChI=1S/C18H17NO4/c1-22-15-9-5-8-13-10-16(23-17(13)15)18(21)19-14(11-20)12-6-3-2-4-7-12/h2-10,14,20H,11H2,1H3,(H,19,21). The predicted octanol–water partition coefficient (Wildman–Crippen LogP) is 2.90. The minimum atomic E-state index is -0.487. The van der Waals surface area contributed by atoms with E-state index in [1.54, 1.807) is 19.2 Å². The quantitative estimate of drug-likeness (QED) is 0.760. The third-order valence-corrected chi connectivity index (χ3v) is 3.64. The topological polar surface area (TPSA) is 71.7 Å².